The molecular weight excluding hydrogens is 460 g/mol. The van der Waals surface area contributed by atoms with Crippen LogP contribution in [0.1, 0.15) is 91.8 Å². The molecule has 0 bridgehead atoms. The van der Waals surface area contributed by atoms with E-state index < -0.39 is 35.1 Å². The first kappa shape index (κ1) is 26.7. The van der Waals surface area contributed by atoms with Crippen LogP contribution in [0.4, 0.5) is 4.79 Å². The van der Waals surface area contributed by atoms with Gasteiger partial charge < -0.3 is 24.3 Å². The molecule has 2 aliphatic heterocycles. The van der Waals surface area contributed by atoms with Crippen LogP contribution in [0.25, 0.3) is 0 Å². The van der Waals surface area contributed by atoms with Gasteiger partial charge in [0.1, 0.15) is 17.5 Å². The first-order valence-corrected chi connectivity index (χ1v) is 13.3. The highest BCUT2D eigenvalue weighted by Gasteiger charge is 2.59. The van der Waals surface area contributed by atoms with Crippen molar-refractivity contribution < 1.29 is 28.5 Å². The number of cyclic esters (lactones) is 1. The van der Waals surface area contributed by atoms with Crippen LogP contribution in [-0.2, 0) is 31.8 Å². The smallest absolute Gasteiger partial charge is 0.407 e. The van der Waals surface area contributed by atoms with Gasteiger partial charge in [-0.1, -0.05) is 26.7 Å². The maximum absolute atomic E-state index is 13.6. The van der Waals surface area contributed by atoms with Crippen molar-refractivity contribution in [1.29, 1.82) is 0 Å². The molecule has 36 heavy (non-hydrogen) atoms. The molecule has 2 fully saturated rings. The minimum Gasteiger partial charge on any atom is -0.490 e. The molecule has 2 unspecified atom stereocenters. The quantitative estimate of drug-likeness (QED) is 0.469. The van der Waals surface area contributed by atoms with Crippen LogP contribution in [0.2, 0.25) is 0 Å². The minimum absolute atomic E-state index is 0.124. The van der Waals surface area contributed by atoms with Crippen molar-refractivity contribution in [1.82, 2.24) is 10.3 Å². The zero-order chi connectivity index (χ0) is 26.3. The molecule has 0 radical (unpaired) electrons. The van der Waals surface area contributed by atoms with Crippen LogP contribution < -0.4 is 10.1 Å². The van der Waals surface area contributed by atoms with E-state index in [0.717, 1.165) is 35.8 Å². The third-order valence-corrected chi connectivity index (χ3v) is 6.92. The topological polar surface area (TPSA) is 96.0 Å². The Morgan fingerprint density at radius 3 is 2.56 bits per heavy atom. The fourth-order valence-electron chi connectivity index (χ4n) is 5.23. The van der Waals surface area contributed by atoms with E-state index in [1.165, 1.54) is 19.3 Å². The Morgan fingerprint density at radius 2 is 1.97 bits per heavy atom. The van der Waals surface area contributed by atoms with Crippen LogP contribution in [0.15, 0.2) is 12.3 Å². The maximum atomic E-state index is 13.6. The van der Waals surface area contributed by atoms with Gasteiger partial charge in [0.05, 0.1) is 11.7 Å². The average molecular weight is 503 g/mol. The number of rotatable bonds is 9. The van der Waals surface area contributed by atoms with E-state index in [9.17, 15) is 9.59 Å². The fourth-order valence-corrected chi connectivity index (χ4v) is 5.23. The largest absolute Gasteiger partial charge is 0.490 e. The number of aromatic nitrogens is 1. The van der Waals surface area contributed by atoms with Crippen molar-refractivity contribution in [3.63, 3.8) is 0 Å². The van der Waals surface area contributed by atoms with Crippen molar-refractivity contribution in [2.45, 2.75) is 123 Å². The summed E-state index contributed by atoms with van der Waals surface area (Å²) in [4.78, 5) is 31.1. The van der Waals surface area contributed by atoms with Crippen molar-refractivity contribution in [2.24, 2.45) is 11.8 Å². The summed E-state index contributed by atoms with van der Waals surface area (Å²) in [5.74, 6) is 0.201. The van der Waals surface area contributed by atoms with E-state index in [1.54, 1.807) is 40.8 Å². The predicted molar refractivity (Wildman–Crippen MR) is 135 cm³/mol. The molecule has 0 spiro atoms. The number of ether oxygens (including phenoxy) is 4. The normalized spacial score (nSPS) is 25.8. The molecule has 8 heteroatoms. The molecule has 1 saturated carbocycles. The molecule has 200 valence electrons. The van der Waals surface area contributed by atoms with Gasteiger partial charge in [-0.25, -0.2) is 9.59 Å². The van der Waals surface area contributed by atoms with Crippen molar-refractivity contribution >= 4 is 12.1 Å². The van der Waals surface area contributed by atoms with Crippen molar-refractivity contribution in [3.05, 3.63) is 23.5 Å². The lowest BCUT2D eigenvalue weighted by Crippen LogP contribution is -2.59. The Hall–Kier alpha value is -2.35. The number of carbonyl (C=O) groups excluding carboxylic acids is 2. The second-order valence-corrected chi connectivity index (χ2v) is 12.5. The summed E-state index contributed by atoms with van der Waals surface area (Å²) in [6.45, 7) is 12.9. The first-order chi connectivity index (χ1) is 16.8. The van der Waals surface area contributed by atoms with E-state index >= 15 is 0 Å². The summed E-state index contributed by atoms with van der Waals surface area (Å²) in [7, 11) is 0. The monoisotopic (exact) mass is 502 g/mol. The lowest BCUT2D eigenvalue weighted by Gasteiger charge is -2.36. The fraction of sp³-hybridized carbons (Fsp3) is 0.750. The minimum atomic E-state index is -1.45. The zero-order valence-corrected chi connectivity index (χ0v) is 22.8. The lowest BCUT2D eigenvalue weighted by molar-refractivity contribution is -0.170. The van der Waals surface area contributed by atoms with Gasteiger partial charge in [-0.2, -0.15) is 0 Å². The molecule has 1 N–H and O–H groups in total. The number of nitrogens with zero attached hydrogens (tertiary/aromatic N) is 1. The highest BCUT2D eigenvalue weighted by Crippen LogP contribution is 2.42. The maximum Gasteiger partial charge on any atom is 0.407 e. The van der Waals surface area contributed by atoms with Crippen LogP contribution in [-0.4, -0.2) is 46.2 Å². The Kier molecular flexibility index (Phi) is 7.30. The molecule has 1 amide bonds. The van der Waals surface area contributed by atoms with Crippen molar-refractivity contribution in [3.8, 4) is 5.75 Å². The van der Waals surface area contributed by atoms with E-state index in [-0.39, 0.29) is 18.4 Å². The molecule has 8 nitrogen and oxygen atoms in total. The molecule has 0 aromatic carbocycles. The molecule has 3 aliphatic rings. The summed E-state index contributed by atoms with van der Waals surface area (Å²) in [6, 6.07) is 1.22. The van der Waals surface area contributed by atoms with Crippen LogP contribution in [0, 0.1) is 11.8 Å². The Balaban J connectivity index is 1.63. The molecule has 1 aliphatic carbocycles. The number of hydrogen-bond donors (Lipinski definition) is 1. The van der Waals surface area contributed by atoms with Gasteiger partial charge in [0.15, 0.2) is 5.60 Å². The van der Waals surface area contributed by atoms with Gasteiger partial charge in [-0.3, -0.25) is 4.98 Å². The Labute approximate surface area is 214 Å². The number of nitrogens with one attached hydrogen (secondary N) is 1. The lowest BCUT2D eigenvalue weighted by atomic mass is 9.82. The number of hydrogen-bond acceptors (Lipinski definition) is 7. The van der Waals surface area contributed by atoms with Gasteiger partial charge >= 0.3 is 12.1 Å². The highest BCUT2D eigenvalue weighted by atomic mass is 16.8. The number of carbonyl (C=O) groups is 2. The number of amides is 1. The molecular formula is C28H42N2O6. The number of alkyl carbamates (subject to hydrolysis) is 1. The zero-order valence-electron chi connectivity index (χ0n) is 22.8. The predicted octanol–water partition coefficient (Wildman–Crippen LogP) is 5.11. The highest BCUT2D eigenvalue weighted by molar-refractivity contribution is 5.84. The number of esters is 1. The first-order valence-electron chi connectivity index (χ1n) is 13.3. The van der Waals surface area contributed by atoms with E-state index in [2.05, 4.69) is 10.3 Å². The second-order valence-electron chi connectivity index (χ2n) is 12.5. The number of pyridine rings is 1. The molecule has 3 atom stereocenters. The molecule has 1 aromatic heterocycles. The van der Waals surface area contributed by atoms with E-state index in [4.69, 9.17) is 18.9 Å². The molecule has 1 saturated heterocycles. The molecule has 1 aromatic rings. The van der Waals surface area contributed by atoms with Gasteiger partial charge in [-0.05, 0) is 57.9 Å². The van der Waals surface area contributed by atoms with Gasteiger partial charge in [0, 0.05) is 38.4 Å². The Morgan fingerprint density at radius 1 is 1.25 bits per heavy atom. The van der Waals surface area contributed by atoms with Crippen LogP contribution >= 0.6 is 0 Å². The van der Waals surface area contributed by atoms with Gasteiger partial charge in [0.25, 0.3) is 0 Å². The van der Waals surface area contributed by atoms with Crippen molar-refractivity contribution in [2.75, 3.05) is 0 Å². The van der Waals surface area contributed by atoms with E-state index in [1.807, 2.05) is 19.9 Å². The van der Waals surface area contributed by atoms with Gasteiger partial charge in [-0.15, -0.1) is 0 Å². The third kappa shape index (κ3) is 6.31. The van der Waals surface area contributed by atoms with Crippen LogP contribution in [0.5, 0.6) is 5.75 Å². The molecule has 4 rings (SSSR count). The van der Waals surface area contributed by atoms with Crippen LogP contribution in [0.3, 0.4) is 0 Å². The standard InChI is InChI=1S/C28H42N2O6/c1-17(2)14-23(30-25(32)35-26(3,4)5)28(24(31)34-27(6,7)36-28)16-21-20-15-19(11-10-18-8-9-18)33-22(20)12-13-29-21/h12-13,17-19,23H,8-11,14-16H2,1-7H3,(H,30,32)/t19?,23-,28?/m0/s1. The number of fused-ring (bicyclic) bond motifs is 1. The summed E-state index contributed by atoms with van der Waals surface area (Å²) in [6.07, 6.45) is 7.53. The van der Waals surface area contributed by atoms with Gasteiger partial charge in [0.2, 0.25) is 5.79 Å². The Bertz CT molecular complexity index is 981. The third-order valence-electron chi connectivity index (χ3n) is 6.92. The SMILES string of the molecule is CC(C)C[C@H](NC(=O)OC(C)(C)C)C1(Cc2nccc3c2CC(CCC2CC2)O3)OC(C)(C)OC1=O. The molecule has 3 heterocycles. The summed E-state index contributed by atoms with van der Waals surface area (Å²) in [5, 5.41) is 2.95. The average Bonchev–Trinajstić information content (AvgIpc) is 3.40. The van der Waals surface area contributed by atoms with E-state index in [0.29, 0.717) is 6.42 Å². The summed E-state index contributed by atoms with van der Waals surface area (Å²) in [5.41, 5.74) is -0.362. The second kappa shape index (κ2) is 9.84. The summed E-state index contributed by atoms with van der Waals surface area (Å²) < 4.78 is 23.9. The summed E-state index contributed by atoms with van der Waals surface area (Å²) >= 11 is 0.